The van der Waals surface area contributed by atoms with E-state index in [1.807, 2.05) is 0 Å². The van der Waals surface area contributed by atoms with E-state index in [0.29, 0.717) is 41.0 Å². The Morgan fingerprint density at radius 1 is 1.23 bits per heavy atom. The Hall–Kier alpha value is -3.40. The Kier molecular flexibility index (Phi) is 7.24. The zero-order valence-corrected chi connectivity index (χ0v) is 17.6. The summed E-state index contributed by atoms with van der Waals surface area (Å²) < 4.78 is 9.87. The molecule has 2 atom stereocenters. The summed E-state index contributed by atoms with van der Waals surface area (Å²) in [6.07, 6.45) is 2.09. The third kappa shape index (κ3) is 5.40. The number of nitrogens with one attached hydrogen (secondary N) is 3. The molecule has 0 aliphatic carbocycles. The highest BCUT2D eigenvalue weighted by Crippen LogP contribution is 2.32. The van der Waals surface area contributed by atoms with Gasteiger partial charge in [-0.15, -0.1) is 0 Å². The number of H-pyrrole nitrogens is 1. The summed E-state index contributed by atoms with van der Waals surface area (Å²) in [5.41, 5.74) is 8.29. The monoisotopic (exact) mass is 429 g/mol. The molecular formula is C21H27N5O5. The Balaban J connectivity index is 2.12. The highest BCUT2D eigenvalue weighted by molar-refractivity contribution is 5.90. The number of aromatic nitrogens is 2. The Labute approximate surface area is 179 Å². The number of anilines is 2. The summed E-state index contributed by atoms with van der Waals surface area (Å²) in [6.45, 7) is 2.00. The fourth-order valence-corrected chi connectivity index (χ4v) is 3.50. The lowest BCUT2D eigenvalue weighted by Gasteiger charge is -2.22. The molecule has 0 saturated heterocycles. The Bertz CT molecular complexity index is 1010. The lowest BCUT2D eigenvalue weighted by atomic mass is 9.97. The third-order valence-electron chi connectivity index (χ3n) is 5.10. The second kappa shape index (κ2) is 10.1. The molecule has 5 N–H and O–H groups in total. The molecule has 1 aromatic heterocycles. The second-order valence-corrected chi connectivity index (χ2v) is 7.25. The van der Waals surface area contributed by atoms with Gasteiger partial charge in [-0.2, -0.15) is 5.10 Å². The van der Waals surface area contributed by atoms with E-state index in [2.05, 4.69) is 25.6 Å². The van der Waals surface area contributed by atoms with Gasteiger partial charge in [0.05, 0.1) is 25.0 Å². The van der Waals surface area contributed by atoms with Gasteiger partial charge in [-0.1, -0.05) is 18.9 Å². The molecule has 2 heterocycles. The lowest BCUT2D eigenvalue weighted by molar-refractivity contribution is -0.144. The number of methoxy groups -OCH3 is 1. The van der Waals surface area contributed by atoms with Crippen LogP contribution in [0, 0.1) is 0 Å². The minimum absolute atomic E-state index is 0.256. The molecule has 31 heavy (non-hydrogen) atoms. The van der Waals surface area contributed by atoms with Crippen molar-refractivity contribution in [1.82, 2.24) is 10.2 Å². The molecule has 1 amide bonds. The number of aromatic amines is 1. The third-order valence-corrected chi connectivity index (χ3v) is 5.10. The SMILES string of the molecule is CCOC(=O)C1CCCCC(N)c2cc(c(=O)[nH]n2)-c2ccc(NC(=O)OC)cc2N1. The van der Waals surface area contributed by atoms with Crippen LogP contribution in [-0.4, -0.2) is 42.0 Å². The molecule has 0 saturated carbocycles. The van der Waals surface area contributed by atoms with Crippen molar-refractivity contribution in [2.45, 2.75) is 44.7 Å². The van der Waals surface area contributed by atoms with Crippen molar-refractivity contribution in [1.29, 1.82) is 0 Å². The number of fused-ring (bicyclic) bond motifs is 4. The zero-order chi connectivity index (χ0) is 22.4. The summed E-state index contributed by atoms with van der Waals surface area (Å²) in [5, 5.41) is 12.4. The van der Waals surface area contributed by atoms with Gasteiger partial charge in [0.1, 0.15) is 6.04 Å². The van der Waals surface area contributed by atoms with E-state index in [0.717, 1.165) is 12.8 Å². The minimum atomic E-state index is -0.634. The number of ether oxygens (including phenoxy) is 2. The molecule has 2 unspecified atom stereocenters. The van der Waals surface area contributed by atoms with Crippen molar-refractivity contribution >= 4 is 23.4 Å². The summed E-state index contributed by atoms with van der Waals surface area (Å²) in [4.78, 5) is 36.8. The van der Waals surface area contributed by atoms with Crippen LogP contribution in [0.2, 0.25) is 0 Å². The predicted octanol–water partition coefficient (Wildman–Crippen LogP) is 2.53. The maximum atomic E-state index is 12.6. The van der Waals surface area contributed by atoms with Gasteiger partial charge in [-0.25, -0.2) is 14.7 Å². The summed E-state index contributed by atoms with van der Waals surface area (Å²) in [7, 11) is 1.26. The largest absolute Gasteiger partial charge is 0.464 e. The average molecular weight is 429 g/mol. The minimum Gasteiger partial charge on any atom is -0.464 e. The predicted molar refractivity (Wildman–Crippen MR) is 116 cm³/mol. The quantitative estimate of drug-likeness (QED) is 0.544. The number of carbonyl (C=O) groups is 2. The van der Waals surface area contributed by atoms with Crippen LogP contribution in [0.5, 0.6) is 0 Å². The first kappa shape index (κ1) is 22.3. The molecule has 10 heteroatoms. The number of hydrogen-bond acceptors (Lipinski definition) is 8. The highest BCUT2D eigenvalue weighted by Gasteiger charge is 2.23. The number of amides is 1. The summed E-state index contributed by atoms with van der Waals surface area (Å²) >= 11 is 0. The molecule has 166 valence electrons. The van der Waals surface area contributed by atoms with Crippen molar-refractivity contribution in [3.8, 4) is 11.1 Å². The van der Waals surface area contributed by atoms with Crippen LogP contribution in [0.4, 0.5) is 16.2 Å². The van der Waals surface area contributed by atoms with E-state index in [4.69, 9.17) is 10.5 Å². The second-order valence-electron chi connectivity index (χ2n) is 7.25. The number of nitrogens with two attached hydrogens (primary N) is 1. The van der Waals surface area contributed by atoms with Crippen LogP contribution in [0.25, 0.3) is 11.1 Å². The smallest absolute Gasteiger partial charge is 0.411 e. The van der Waals surface area contributed by atoms with Crippen LogP contribution in [0.15, 0.2) is 29.1 Å². The first-order valence-electron chi connectivity index (χ1n) is 10.2. The number of nitrogens with zero attached hydrogens (tertiary/aromatic N) is 1. The number of benzene rings is 1. The molecule has 0 fully saturated rings. The molecule has 1 aromatic carbocycles. The molecule has 0 radical (unpaired) electrons. The summed E-state index contributed by atoms with van der Waals surface area (Å²) in [5.74, 6) is -0.384. The molecular weight excluding hydrogens is 402 g/mol. The Morgan fingerprint density at radius 2 is 2.00 bits per heavy atom. The maximum Gasteiger partial charge on any atom is 0.411 e. The van der Waals surface area contributed by atoms with Crippen molar-refractivity contribution < 1.29 is 19.1 Å². The topological polar surface area (TPSA) is 148 Å². The van der Waals surface area contributed by atoms with E-state index >= 15 is 0 Å². The number of carbonyl (C=O) groups excluding carboxylic acids is 2. The van der Waals surface area contributed by atoms with Gasteiger partial charge in [0.15, 0.2) is 0 Å². The van der Waals surface area contributed by atoms with E-state index in [9.17, 15) is 14.4 Å². The summed E-state index contributed by atoms with van der Waals surface area (Å²) in [6, 6.07) is 5.67. The fraction of sp³-hybridized carbons (Fsp3) is 0.429. The molecule has 10 nitrogen and oxygen atoms in total. The van der Waals surface area contributed by atoms with E-state index in [1.165, 1.54) is 7.11 Å². The highest BCUT2D eigenvalue weighted by atomic mass is 16.5. The van der Waals surface area contributed by atoms with Gasteiger partial charge < -0.3 is 20.5 Å². The van der Waals surface area contributed by atoms with Crippen molar-refractivity contribution in [3.63, 3.8) is 0 Å². The maximum absolute atomic E-state index is 12.6. The van der Waals surface area contributed by atoms with E-state index in [1.54, 1.807) is 31.2 Å². The van der Waals surface area contributed by atoms with Crippen LogP contribution >= 0.6 is 0 Å². The Morgan fingerprint density at radius 3 is 2.74 bits per heavy atom. The van der Waals surface area contributed by atoms with Gasteiger partial charge >= 0.3 is 12.1 Å². The van der Waals surface area contributed by atoms with Crippen LogP contribution in [0.3, 0.4) is 0 Å². The van der Waals surface area contributed by atoms with E-state index < -0.39 is 17.7 Å². The van der Waals surface area contributed by atoms with Gasteiger partial charge in [0, 0.05) is 23.0 Å². The molecule has 0 spiro atoms. The molecule has 3 rings (SSSR count). The standard InChI is InChI=1S/C21H27N5O5/c1-3-31-20(28)16-7-5-4-6-15(22)18-11-14(19(27)26-25-18)13-9-8-12(10-17(13)24-16)23-21(29)30-2/h8-11,15-16,24H,3-7,22H2,1-2H3,(H,23,29)(H,26,27). The number of rotatable bonds is 3. The molecule has 1 aliphatic rings. The zero-order valence-electron chi connectivity index (χ0n) is 17.6. The van der Waals surface area contributed by atoms with Crippen LogP contribution in [0.1, 0.15) is 44.3 Å². The van der Waals surface area contributed by atoms with Crippen molar-refractivity contribution in [3.05, 3.63) is 40.3 Å². The average Bonchev–Trinajstić information content (AvgIpc) is 2.75. The molecule has 2 bridgehead atoms. The normalized spacial score (nSPS) is 18.4. The van der Waals surface area contributed by atoms with Gasteiger partial charge in [-0.05, 0) is 38.0 Å². The fourth-order valence-electron chi connectivity index (χ4n) is 3.50. The van der Waals surface area contributed by atoms with Crippen molar-refractivity contribution in [2.75, 3.05) is 24.4 Å². The number of hydrogen-bond donors (Lipinski definition) is 4. The van der Waals surface area contributed by atoms with Crippen LogP contribution in [-0.2, 0) is 14.3 Å². The lowest BCUT2D eigenvalue weighted by Crippen LogP contribution is -2.32. The molecule has 2 aromatic rings. The van der Waals surface area contributed by atoms with Crippen LogP contribution < -0.4 is 21.9 Å². The van der Waals surface area contributed by atoms with Gasteiger partial charge in [-0.3, -0.25) is 10.1 Å². The first-order chi connectivity index (χ1) is 14.9. The first-order valence-corrected chi connectivity index (χ1v) is 10.2. The van der Waals surface area contributed by atoms with E-state index in [-0.39, 0.29) is 18.6 Å². The molecule has 1 aliphatic heterocycles. The number of esters is 1. The van der Waals surface area contributed by atoms with Crippen molar-refractivity contribution in [2.24, 2.45) is 5.73 Å². The van der Waals surface area contributed by atoms with Gasteiger partial charge in [0.25, 0.3) is 5.56 Å². The van der Waals surface area contributed by atoms with Gasteiger partial charge in [0.2, 0.25) is 0 Å².